The lowest BCUT2D eigenvalue weighted by Crippen LogP contribution is -2.07. The smallest absolute Gasteiger partial charge is 0.0414 e. The molecule has 0 aliphatic rings. The van der Waals surface area contributed by atoms with Gasteiger partial charge in [-0.15, -0.1) is 0 Å². The zero-order chi connectivity index (χ0) is 17.9. The normalized spacial score (nSPS) is 12.9. The highest BCUT2D eigenvalue weighted by atomic mass is 14.2. The summed E-state index contributed by atoms with van der Waals surface area (Å²) in [7, 11) is 0. The van der Waals surface area contributed by atoms with Crippen LogP contribution in [-0.4, -0.2) is 0 Å². The fraction of sp³-hybridized carbons (Fsp3) is 1.00. The van der Waals surface area contributed by atoms with Crippen molar-refractivity contribution in [3.05, 3.63) is 0 Å². The lowest BCUT2D eigenvalue weighted by atomic mass is 9.84. The van der Waals surface area contributed by atoms with Crippen molar-refractivity contribution >= 4 is 0 Å². The Morgan fingerprint density at radius 1 is 0.333 bits per heavy atom. The summed E-state index contributed by atoms with van der Waals surface area (Å²) in [5, 5.41) is 0. The quantitative estimate of drug-likeness (QED) is 0.206. The molecule has 0 aliphatic carbocycles. The van der Waals surface area contributed by atoms with Crippen LogP contribution in [0.3, 0.4) is 0 Å². The molecular weight excluding hydrogens is 288 g/mol. The van der Waals surface area contributed by atoms with E-state index >= 15 is 0 Å². The lowest BCUT2D eigenvalue weighted by Gasteiger charge is -2.22. The third-order valence-electron chi connectivity index (χ3n) is 5.85. The van der Waals surface area contributed by atoms with Gasteiger partial charge in [-0.2, -0.15) is 0 Å². The second-order valence-electron chi connectivity index (χ2n) is 8.29. The maximum Gasteiger partial charge on any atom is -0.0414 e. The molecule has 0 aromatic carbocycles. The number of rotatable bonds is 19. The van der Waals surface area contributed by atoms with Gasteiger partial charge in [-0.05, 0) is 11.8 Å². The minimum atomic E-state index is 1.03. The highest BCUT2D eigenvalue weighted by molar-refractivity contribution is 4.66. The minimum Gasteiger partial charge on any atom is -0.0654 e. The standard InChI is InChI=1S/C24H50/c1-5-9-13-14-16-20-24(19-15-10-6-2)22-21-23(17-11-7-3)18-12-8-4/h23-24H,5-22H2,1-4H3. The highest BCUT2D eigenvalue weighted by Crippen LogP contribution is 2.28. The SMILES string of the molecule is CCCCCCCC(CCCCC)CCC(CCCC)CCCC. The number of unbranched alkanes of at least 4 members (excludes halogenated alkanes) is 8. The molecule has 0 rings (SSSR count). The summed E-state index contributed by atoms with van der Waals surface area (Å²) in [6, 6.07) is 0. The molecule has 0 fully saturated rings. The number of hydrogen-bond acceptors (Lipinski definition) is 0. The molecule has 0 spiro atoms. The molecule has 0 aliphatic heterocycles. The summed E-state index contributed by atoms with van der Waals surface area (Å²) in [5.41, 5.74) is 0. The Morgan fingerprint density at radius 3 is 1.12 bits per heavy atom. The molecule has 0 saturated heterocycles. The molecule has 0 heterocycles. The Hall–Kier alpha value is 0. The van der Waals surface area contributed by atoms with E-state index in [4.69, 9.17) is 0 Å². The van der Waals surface area contributed by atoms with Gasteiger partial charge in [-0.25, -0.2) is 0 Å². The second kappa shape index (κ2) is 19.3. The van der Waals surface area contributed by atoms with Crippen LogP contribution in [0, 0.1) is 11.8 Å². The molecule has 0 saturated carbocycles. The van der Waals surface area contributed by atoms with Crippen molar-refractivity contribution in [2.24, 2.45) is 11.8 Å². The third kappa shape index (κ3) is 15.5. The van der Waals surface area contributed by atoms with Gasteiger partial charge in [-0.3, -0.25) is 0 Å². The Balaban J connectivity index is 4.15. The van der Waals surface area contributed by atoms with Crippen molar-refractivity contribution in [2.75, 3.05) is 0 Å². The van der Waals surface area contributed by atoms with Gasteiger partial charge < -0.3 is 0 Å². The van der Waals surface area contributed by atoms with Gasteiger partial charge in [0.2, 0.25) is 0 Å². The summed E-state index contributed by atoms with van der Waals surface area (Å²) in [6.07, 6.45) is 26.3. The molecular formula is C24H50. The molecule has 0 nitrogen and oxygen atoms in total. The second-order valence-corrected chi connectivity index (χ2v) is 8.29. The van der Waals surface area contributed by atoms with Crippen molar-refractivity contribution in [2.45, 2.75) is 143 Å². The summed E-state index contributed by atoms with van der Waals surface area (Å²) in [5.74, 6) is 2.06. The van der Waals surface area contributed by atoms with Crippen LogP contribution in [0.4, 0.5) is 0 Å². The molecule has 0 N–H and O–H groups in total. The Bertz CT molecular complexity index is 212. The fourth-order valence-corrected chi connectivity index (χ4v) is 4.04. The number of hydrogen-bond donors (Lipinski definition) is 0. The summed E-state index contributed by atoms with van der Waals surface area (Å²) < 4.78 is 0. The van der Waals surface area contributed by atoms with Gasteiger partial charge >= 0.3 is 0 Å². The highest BCUT2D eigenvalue weighted by Gasteiger charge is 2.13. The zero-order valence-electron chi connectivity index (χ0n) is 17.9. The van der Waals surface area contributed by atoms with Crippen molar-refractivity contribution < 1.29 is 0 Å². The summed E-state index contributed by atoms with van der Waals surface area (Å²) in [6.45, 7) is 9.35. The van der Waals surface area contributed by atoms with Crippen molar-refractivity contribution in [1.29, 1.82) is 0 Å². The van der Waals surface area contributed by atoms with E-state index in [0.717, 1.165) is 11.8 Å². The first-order valence-electron chi connectivity index (χ1n) is 11.8. The minimum absolute atomic E-state index is 1.03. The monoisotopic (exact) mass is 338 g/mol. The van der Waals surface area contributed by atoms with Crippen LogP contribution in [-0.2, 0) is 0 Å². The molecule has 1 unspecified atom stereocenters. The lowest BCUT2D eigenvalue weighted by molar-refractivity contribution is 0.313. The first-order chi connectivity index (χ1) is 11.8. The predicted octanol–water partition coefficient (Wildman–Crippen LogP) is 9.32. The van der Waals surface area contributed by atoms with Crippen molar-refractivity contribution in [1.82, 2.24) is 0 Å². The maximum absolute atomic E-state index is 2.35. The zero-order valence-corrected chi connectivity index (χ0v) is 17.9. The molecule has 0 amide bonds. The van der Waals surface area contributed by atoms with Crippen molar-refractivity contribution in [3.8, 4) is 0 Å². The van der Waals surface area contributed by atoms with Gasteiger partial charge in [0.1, 0.15) is 0 Å². The van der Waals surface area contributed by atoms with E-state index in [1.807, 2.05) is 0 Å². The van der Waals surface area contributed by atoms with E-state index in [-0.39, 0.29) is 0 Å². The van der Waals surface area contributed by atoms with Gasteiger partial charge in [0.25, 0.3) is 0 Å². The molecule has 0 aromatic rings. The van der Waals surface area contributed by atoms with Crippen LogP contribution < -0.4 is 0 Å². The predicted molar refractivity (Wildman–Crippen MR) is 113 cm³/mol. The summed E-state index contributed by atoms with van der Waals surface area (Å²) >= 11 is 0. The van der Waals surface area contributed by atoms with Crippen LogP contribution in [0.2, 0.25) is 0 Å². The third-order valence-corrected chi connectivity index (χ3v) is 5.85. The molecule has 0 aromatic heterocycles. The van der Waals surface area contributed by atoms with Gasteiger partial charge in [0.05, 0.1) is 0 Å². The van der Waals surface area contributed by atoms with E-state index in [1.165, 1.54) is 116 Å². The Labute approximate surface area is 155 Å². The Kier molecular flexibility index (Phi) is 19.3. The first kappa shape index (κ1) is 24.0. The van der Waals surface area contributed by atoms with E-state index in [2.05, 4.69) is 27.7 Å². The molecule has 0 radical (unpaired) electrons. The molecule has 0 bridgehead atoms. The molecule has 0 heteroatoms. The molecule has 1 atom stereocenters. The van der Waals surface area contributed by atoms with E-state index < -0.39 is 0 Å². The summed E-state index contributed by atoms with van der Waals surface area (Å²) in [4.78, 5) is 0. The van der Waals surface area contributed by atoms with Crippen LogP contribution in [0.15, 0.2) is 0 Å². The molecule has 146 valence electrons. The van der Waals surface area contributed by atoms with Gasteiger partial charge in [0.15, 0.2) is 0 Å². The van der Waals surface area contributed by atoms with E-state index in [9.17, 15) is 0 Å². The largest absolute Gasteiger partial charge is 0.0654 e. The fourth-order valence-electron chi connectivity index (χ4n) is 4.04. The Morgan fingerprint density at radius 2 is 0.667 bits per heavy atom. The van der Waals surface area contributed by atoms with E-state index in [1.54, 1.807) is 0 Å². The van der Waals surface area contributed by atoms with Crippen LogP contribution in [0.25, 0.3) is 0 Å². The maximum atomic E-state index is 2.35. The van der Waals surface area contributed by atoms with Crippen LogP contribution in [0.5, 0.6) is 0 Å². The van der Waals surface area contributed by atoms with Gasteiger partial charge in [0, 0.05) is 0 Å². The average Bonchev–Trinajstić information content (AvgIpc) is 2.60. The van der Waals surface area contributed by atoms with Crippen LogP contribution in [0.1, 0.15) is 143 Å². The van der Waals surface area contributed by atoms with Crippen molar-refractivity contribution in [3.63, 3.8) is 0 Å². The first-order valence-corrected chi connectivity index (χ1v) is 11.8. The van der Waals surface area contributed by atoms with Crippen LogP contribution >= 0.6 is 0 Å². The average molecular weight is 339 g/mol. The van der Waals surface area contributed by atoms with E-state index in [0.29, 0.717) is 0 Å². The topological polar surface area (TPSA) is 0 Å². The molecule has 24 heavy (non-hydrogen) atoms. The van der Waals surface area contributed by atoms with Gasteiger partial charge in [-0.1, -0.05) is 143 Å².